The summed E-state index contributed by atoms with van der Waals surface area (Å²) in [4.78, 5) is 25.1. The third-order valence-electron chi connectivity index (χ3n) is 3.72. The molecule has 0 aliphatic heterocycles. The van der Waals surface area contributed by atoms with Gasteiger partial charge in [-0.2, -0.15) is 0 Å². The van der Waals surface area contributed by atoms with Gasteiger partial charge >= 0.3 is 0 Å². The topological polar surface area (TPSA) is 67.4 Å². The molecule has 26 heavy (non-hydrogen) atoms. The molecule has 2 aromatic rings. The zero-order valence-corrected chi connectivity index (χ0v) is 16.6. The van der Waals surface area contributed by atoms with Gasteiger partial charge in [0.05, 0.1) is 23.4 Å². The highest BCUT2D eigenvalue weighted by Gasteiger charge is 2.17. The molecule has 2 N–H and O–H groups in total. The molecule has 0 spiro atoms. The second kappa shape index (κ2) is 9.97. The zero-order chi connectivity index (χ0) is 18.9. The second-order valence-electron chi connectivity index (χ2n) is 5.68. The Morgan fingerprint density at radius 2 is 1.81 bits per heavy atom. The SMILES string of the molecule is CCCCNC(=O)c1ccccc1NC(=O)c1cc(Br)ccc1OCC. The highest BCUT2D eigenvalue weighted by Crippen LogP contribution is 2.25. The van der Waals surface area contributed by atoms with Gasteiger partial charge in [0, 0.05) is 11.0 Å². The number of rotatable bonds is 8. The minimum absolute atomic E-state index is 0.200. The third kappa shape index (κ3) is 5.33. The van der Waals surface area contributed by atoms with E-state index in [0.29, 0.717) is 35.7 Å². The molecule has 0 bridgehead atoms. The van der Waals surface area contributed by atoms with E-state index in [4.69, 9.17) is 4.74 Å². The molecule has 2 rings (SSSR count). The fourth-order valence-electron chi connectivity index (χ4n) is 2.41. The van der Waals surface area contributed by atoms with E-state index >= 15 is 0 Å². The number of carbonyl (C=O) groups is 2. The van der Waals surface area contributed by atoms with Crippen molar-refractivity contribution in [3.05, 3.63) is 58.1 Å². The fourth-order valence-corrected chi connectivity index (χ4v) is 2.78. The van der Waals surface area contributed by atoms with Crippen LogP contribution in [-0.2, 0) is 0 Å². The first-order valence-electron chi connectivity index (χ1n) is 8.67. The number of unbranched alkanes of at least 4 members (excludes halogenated alkanes) is 1. The number of hydrogen-bond acceptors (Lipinski definition) is 3. The molecule has 0 unspecified atom stereocenters. The highest BCUT2D eigenvalue weighted by atomic mass is 79.9. The second-order valence-corrected chi connectivity index (χ2v) is 6.60. The van der Waals surface area contributed by atoms with Gasteiger partial charge in [0.2, 0.25) is 0 Å². The van der Waals surface area contributed by atoms with Crippen LogP contribution in [0.3, 0.4) is 0 Å². The van der Waals surface area contributed by atoms with E-state index in [-0.39, 0.29) is 11.8 Å². The normalized spacial score (nSPS) is 10.3. The zero-order valence-electron chi connectivity index (χ0n) is 15.0. The average Bonchev–Trinajstić information content (AvgIpc) is 2.64. The van der Waals surface area contributed by atoms with Gasteiger partial charge in [0.1, 0.15) is 5.75 Å². The Hall–Kier alpha value is -2.34. The minimum Gasteiger partial charge on any atom is -0.493 e. The van der Waals surface area contributed by atoms with Crippen LogP contribution in [0, 0.1) is 0 Å². The van der Waals surface area contributed by atoms with Crippen molar-refractivity contribution in [3.63, 3.8) is 0 Å². The average molecular weight is 419 g/mol. The lowest BCUT2D eigenvalue weighted by atomic mass is 10.1. The van der Waals surface area contributed by atoms with Crippen LogP contribution < -0.4 is 15.4 Å². The number of nitrogens with one attached hydrogen (secondary N) is 2. The summed E-state index contributed by atoms with van der Waals surface area (Å²) in [5, 5.41) is 5.70. The van der Waals surface area contributed by atoms with Crippen LogP contribution in [0.5, 0.6) is 5.75 Å². The van der Waals surface area contributed by atoms with E-state index < -0.39 is 0 Å². The van der Waals surface area contributed by atoms with Crippen LogP contribution in [-0.4, -0.2) is 25.0 Å². The van der Waals surface area contributed by atoms with Crippen LogP contribution in [0.25, 0.3) is 0 Å². The maximum Gasteiger partial charge on any atom is 0.259 e. The quantitative estimate of drug-likeness (QED) is 0.613. The molecule has 0 aromatic heterocycles. The summed E-state index contributed by atoms with van der Waals surface area (Å²) in [6.45, 7) is 4.99. The number of anilines is 1. The molecule has 0 atom stereocenters. The molecule has 0 heterocycles. The maximum atomic E-state index is 12.8. The first-order chi connectivity index (χ1) is 12.6. The predicted octanol–water partition coefficient (Wildman–Crippen LogP) is 4.63. The number of para-hydroxylation sites is 1. The first-order valence-corrected chi connectivity index (χ1v) is 9.47. The molecule has 2 aromatic carbocycles. The summed E-state index contributed by atoms with van der Waals surface area (Å²) >= 11 is 3.37. The molecule has 6 heteroatoms. The lowest BCUT2D eigenvalue weighted by Gasteiger charge is -2.14. The lowest BCUT2D eigenvalue weighted by Crippen LogP contribution is -2.26. The number of benzene rings is 2. The van der Waals surface area contributed by atoms with Crippen molar-refractivity contribution in [2.45, 2.75) is 26.7 Å². The van der Waals surface area contributed by atoms with E-state index in [0.717, 1.165) is 17.3 Å². The molecule has 138 valence electrons. The van der Waals surface area contributed by atoms with Crippen LogP contribution >= 0.6 is 15.9 Å². The van der Waals surface area contributed by atoms with E-state index in [1.165, 1.54) is 0 Å². The van der Waals surface area contributed by atoms with Crippen molar-refractivity contribution < 1.29 is 14.3 Å². The van der Waals surface area contributed by atoms with Gasteiger partial charge in [0.25, 0.3) is 11.8 Å². The molecule has 0 saturated carbocycles. The summed E-state index contributed by atoms with van der Waals surface area (Å²) in [5.74, 6) is -0.0322. The number of ether oxygens (including phenoxy) is 1. The number of amides is 2. The summed E-state index contributed by atoms with van der Waals surface area (Å²) in [6, 6.07) is 12.2. The molecule has 2 amide bonds. The van der Waals surface area contributed by atoms with E-state index in [1.54, 1.807) is 36.4 Å². The van der Waals surface area contributed by atoms with E-state index in [9.17, 15) is 9.59 Å². The summed E-state index contributed by atoms with van der Waals surface area (Å²) in [7, 11) is 0. The maximum absolute atomic E-state index is 12.8. The fraction of sp³-hybridized carbons (Fsp3) is 0.300. The molecule has 0 aliphatic rings. The van der Waals surface area contributed by atoms with Gasteiger partial charge in [-0.1, -0.05) is 41.4 Å². The number of halogens is 1. The molecular formula is C20H23BrN2O3. The van der Waals surface area contributed by atoms with Crippen molar-refractivity contribution in [2.75, 3.05) is 18.5 Å². The van der Waals surface area contributed by atoms with Gasteiger partial charge < -0.3 is 15.4 Å². The number of carbonyl (C=O) groups excluding carboxylic acids is 2. The van der Waals surface area contributed by atoms with Gasteiger partial charge in [-0.15, -0.1) is 0 Å². The molecule has 0 fully saturated rings. The summed E-state index contributed by atoms with van der Waals surface area (Å²) in [6.07, 6.45) is 1.91. The van der Waals surface area contributed by atoms with Gasteiger partial charge in [-0.3, -0.25) is 9.59 Å². The van der Waals surface area contributed by atoms with Gasteiger partial charge in [-0.05, 0) is 43.7 Å². The largest absolute Gasteiger partial charge is 0.493 e. The standard InChI is InChI=1S/C20H23BrN2O3/c1-3-5-12-22-19(24)15-8-6-7-9-17(15)23-20(25)16-13-14(21)10-11-18(16)26-4-2/h6-11,13H,3-5,12H2,1-2H3,(H,22,24)(H,23,25). The Kier molecular flexibility index (Phi) is 7.66. The lowest BCUT2D eigenvalue weighted by molar-refractivity contribution is 0.0954. The van der Waals surface area contributed by atoms with Gasteiger partial charge in [-0.25, -0.2) is 0 Å². The molecule has 0 saturated heterocycles. The van der Waals surface area contributed by atoms with Crippen LogP contribution in [0.15, 0.2) is 46.9 Å². The summed E-state index contributed by atoms with van der Waals surface area (Å²) < 4.78 is 6.31. The predicted molar refractivity (Wildman–Crippen MR) is 107 cm³/mol. The molecule has 0 radical (unpaired) electrons. The van der Waals surface area contributed by atoms with E-state index in [1.807, 2.05) is 13.0 Å². The monoisotopic (exact) mass is 418 g/mol. The van der Waals surface area contributed by atoms with Crippen molar-refractivity contribution in [3.8, 4) is 5.75 Å². The smallest absolute Gasteiger partial charge is 0.259 e. The van der Waals surface area contributed by atoms with Crippen molar-refractivity contribution in [2.24, 2.45) is 0 Å². The Morgan fingerprint density at radius 1 is 1.04 bits per heavy atom. The van der Waals surface area contributed by atoms with Crippen molar-refractivity contribution in [1.29, 1.82) is 0 Å². The molecular weight excluding hydrogens is 396 g/mol. The molecule has 0 aliphatic carbocycles. The van der Waals surface area contributed by atoms with E-state index in [2.05, 4.69) is 33.5 Å². The Balaban J connectivity index is 2.22. The van der Waals surface area contributed by atoms with Crippen LogP contribution in [0.4, 0.5) is 5.69 Å². The Labute approximate surface area is 162 Å². The van der Waals surface area contributed by atoms with Crippen molar-refractivity contribution >= 4 is 33.4 Å². The van der Waals surface area contributed by atoms with Crippen LogP contribution in [0.1, 0.15) is 47.4 Å². The Bertz CT molecular complexity index is 777. The summed E-state index contributed by atoms with van der Waals surface area (Å²) in [5.41, 5.74) is 1.31. The third-order valence-corrected chi connectivity index (χ3v) is 4.22. The first kappa shape index (κ1) is 20.0. The number of hydrogen-bond donors (Lipinski definition) is 2. The Morgan fingerprint density at radius 3 is 2.54 bits per heavy atom. The van der Waals surface area contributed by atoms with Crippen molar-refractivity contribution in [1.82, 2.24) is 5.32 Å². The molecule has 5 nitrogen and oxygen atoms in total. The highest BCUT2D eigenvalue weighted by molar-refractivity contribution is 9.10. The van der Waals surface area contributed by atoms with Gasteiger partial charge in [0.15, 0.2) is 0 Å². The minimum atomic E-state index is -0.330. The van der Waals surface area contributed by atoms with Crippen LogP contribution in [0.2, 0.25) is 0 Å².